The molecule has 0 aromatic carbocycles. The number of rotatable bonds is 5. The third-order valence-electron chi connectivity index (χ3n) is 5.01. The Kier molecular flexibility index (Phi) is 5.50. The molecule has 1 heterocycles. The van der Waals surface area contributed by atoms with Gasteiger partial charge in [0.05, 0.1) is 0 Å². The Labute approximate surface area is 114 Å². The minimum atomic E-state index is 0.596. The molecule has 2 fully saturated rings. The summed E-state index contributed by atoms with van der Waals surface area (Å²) in [5, 5.41) is 3.87. The highest BCUT2D eigenvalue weighted by Crippen LogP contribution is 2.35. The Morgan fingerprint density at radius 2 is 1.78 bits per heavy atom. The summed E-state index contributed by atoms with van der Waals surface area (Å²) in [7, 11) is 0. The van der Waals surface area contributed by atoms with Crippen LogP contribution in [0.5, 0.6) is 0 Å². The predicted octanol–water partition coefficient (Wildman–Crippen LogP) is 3.42. The Hall–Kier alpha value is -0.0800. The normalized spacial score (nSPS) is 26.3. The lowest BCUT2D eigenvalue weighted by Crippen LogP contribution is -2.46. The minimum Gasteiger partial charge on any atom is -0.313 e. The summed E-state index contributed by atoms with van der Waals surface area (Å²) in [5.41, 5.74) is 0.596. The van der Waals surface area contributed by atoms with Gasteiger partial charge in [0, 0.05) is 12.6 Å². The molecule has 18 heavy (non-hydrogen) atoms. The highest BCUT2D eigenvalue weighted by atomic mass is 15.1. The SMILES string of the molecule is CCCN1CCC(NCC2(C)CCCCC2)CC1. The smallest absolute Gasteiger partial charge is 0.00916 e. The molecule has 2 heteroatoms. The molecule has 0 aromatic heterocycles. The van der Waals surface area contributed by atoms with Crippen molar-refractivity contribution in [3.8, 4) is 0 Å². The molecule has 1 aliphatic heterocycles. The van der Waals surface area contributed by atoms with E-state index < -0.39 is 0 Å². The summed E-state index contributed by atoms with van der Waals surface area (Å²) in [6, 6.07) is 0.789. The minimum absolute atomic E-state index is 0.596. The van der Waals surface area contributed by atoms with Crippen LogP contribution < -0.4 is 5.32 Å². The zero-order valence-corrected chi connectivity index (χ0v) is 12.5. The maximum absolute atomic E-state index is 3.87. The molecule has 0 unspecified atom stereocenters. The van der Waals surface area contributed by atoms with Crippen molar-refractivity contribution < 1.29 is 0 Å². The van der Waals surface area contributed by atoms with Crippen molar-refractivity contribution in [2.75, 3.05) is 26.2 Å². The third kappa shape index (κ3) is 4.24. The van der Waals surface area contributed by atoms with Gasteiger partial charge in [0.1, 0.15) is 0 Å². The lowest BCUT2D eigenvalue weighted by Gasteiger charge is -2.37. The standard InChI is InChI=1S/C16H32N2/c1-3-11-18-12-7-15(8-13-18)17-14-16(2)9-5-4-6-10-16/h15,17H,3-14H2,1-2H3. The van der Waals surface area contributed by atoms with Gasteiger partial charge in [0.2, 0.25) is 0 Å². The van der Waals surface area contributed by atoms with Crippen LogP contribution in [0.1, 0.15) is 65.2 Å². The molecule has 0 bridgehead atoms. The van der Waals surface area contributed by atoms with Crippen molar-refractivity contribution >= 4 is 0 Å². The number of piperidine rings is 1. The fraction of sp³-hybridized carbons (Fsp3) is 1.00. The van der Waals surface area contributed by atoms with Gasteiger partial charge in [-0.3, -0.25) is 0 Å². The van der Waals surface area contributed by atoms with Crippen LogP contribution in [0.15, 0.2) is 0 Å². The maximum Gasteiger partial charge on any atom is 0.00916 e. The van der Waals surface area contributed by atoms with E-state index in [9.17, 15) is 0 Å². The van der Waals surface area contributed by atoms with Gasteiger partial charge in [-0.15, -0.1) is 0 Å². The predicted molar refractivity (Wildman–Crippen MR) is 78.9 cm³/mol. The molecule has 0 radical (unpaired) electrons. The van der Waals surface area contributed by atoms with E-state index in [1.165, 1.54) is 77.5 Å². The quantitative estimate of drug-likeness (QED) is 0.806. The first-order chi connectivity index (χ1) is 8.72. The van der Waals surface area contributed by atoms with Crippen LogP contribution in [0.2, 0.25) is 0 Å². The molecule has 0 aromatic rings. The van der Waals surface area contributed by atoms with E-state index in [1.54, 1.807) is 0 Å². The van der Waals surface area contributed by atoms with Crippen molar-refractivity contribution in [2.24, 2.45) is 5.41 Å². The fourth-order valence-electron chi connectivity index (χ4n) is 3.65. The van der Waals surface area contributed by atoms with Gasteiger partial charge in [0.25, 0.3) is 0 Å². The number of hydrogen-bond acceptors (Lipinski definition) is 2. The second kappa shape index (κ2) is 6.91. The molecular formula is C16H32N2. The van der Waals surface area contributed by atoms with E-state index in [-0.39, 0.29) is 0 Å². The number of hydrogen-bond donors (Lipinski definition) is 1. The van der Waals surface area contributed by atoms with Gasteiger partial charge in [-0.2, -0.15) is 0 Å². The molecule has 1 saturated heterocycles. The van der Waals surface area contributed by atoms with Crippen molar-refractivity contribution in [1.82, 2.24) is 10.2 Å². The molecule has 1 N–H and O–H groups in total. The Morgan fingerprint density at radius 1 is 1.11 bits per heavy atom. The Morgan fingerprint density at radius 3 is 2.39 bits per heavy atom. The Balaban J connectivity index is 1.65. The lowest BCUT2D eigenvalue weighted by atomic mass is 9.75. The average molecular weight is 252 g/mol. The molecule has 106 valence electrons. The van der Waals surface area contributed by atoms with Crippen molar-refractivity contribution in [1.29, 1.82) is 0 Å². The molecule has 2 nitrogen and oxygen atoms in total. The second-order valence-electron chi connectivity index (χ2n) is 6.87. The molecular weight excluding hydrogens is 220 g/mol. The molecule has 0 spiro atoms. The van der Waals surface area contributed by atoms with E-state index in [2.05, 4.69) is 24.1 Å². The topological polar surface area (TPSA) is 15.3 Å². The largest absolute Gasteiger partial charge is 0.313 e. The number of likely N-dealkylation sites (tertiary alicyclic amines) is 1. The zero-order chi connectivity index (χ0) is 12.8. The van der Waals surface area contributed by atoms with Crippen LogP contribution in [0.25, 0.3) is 0 Å². The highest BCUT2D eigenvalue weighted by molar-refractivity contribution is 4.84. The second-order valence-corrected chi connectivity index (χ2v) is 6.87. The monoisotopic (exact) mass is 252 g/mol. The summed E-state index contributed by atoms with van der Waals surface area (Å²) in [6.07, 6.45) is 11.3. The first kappa shape index (κ1) is 14.3. The first-order valence-electron chi connectivity index (χ1n) is 8.18. The summed E-state index contributed by atoms with van der Waals surface area (Å²) in [5.74, 6) is 0. The lowest BCUT2D eigenvalue weighted by molar-refractivity contribution is 0.164. The molecule has 0 atom stereocenters. The van der Waals surface area contributed by atoms with E-state index in [4.69, 9.17) is 0 Å². The number of nitrogens with one attached hydrogen (secondary N) is 1. The van der Waals surface area contributed by atoms with Crippen LogP contribution in [0.3, 0.4) is 0 Å². The van der Waals surface area contributed by atoms with Gasteiger partial charge in [-0.1, -0.05) is 33.1 Å². The first-order valence-corrected chi connectivity index (χ1v) is 8.18. The van der Waals surface area contributed by atoms with Crippen molar-refractivity contribution in [2.45, 2.75) is 71.3 Å². The van der Waals surface area contributed by atoms with Crippen LogP contribution >= 0.6 is 0 Å². The average Bonchev–Trinajstić information content (AvgIpc) is 2.39. The zero-order valence-electron chi connectivity index (χ0n) is 12.5. The van der Waals surface area contributed by atoms with Gasteiger partial charge >= 0.3 is 0 Å². The summed E-state index contributed by atoms with van der Waals surface area (Å²) in [4.78, 5) is 2.63. The van der Waals surface area contributed by atoms with E-state index in [0.717, 1.165) is 6.04 Å². The van der Waals surface area contributed by atoms with Crippen LogP contribution in [0.4, 0.5) is 0 Å². The van der Waals surface area contributed by atoms with Crippen molar-refractivity contribution in [3.63, 3.8) is 0 Å². The summed E-state index contributed by atoms with van der Waals surface area (Å²) in [6.45, 7) is 9.94. The van der Waals surface area contributed by atoms with Crippen LogP contribution in [-0.4, -0.2) is 37.1 Å². The van der Waals surface area contributed by atoms with Crippen LogP contribution in [-0.2, 0) is 0 Å². The number of nitrogens with zero attached hydrogens (tertiary/aromatic N) is 1. The fourth-order valence-corrected chi connectivity index (χ4v) is 3.65. The van der Waals surface area contributed by atoms with Gasteiger partial charge < -0.3 is 10.2 Å². The van der Waals surface area contributed by atoms with E-state index in [1.807, 2.05) is 0 Å². The summed E-state index contributed by atoms with van der Waals surface area (Å²) >= 11 is 0. The Bertz CT molecular complexity index is 225. The maximum atomic E-state index is 3.87. The van der Waals surface area contributed by atoms with Crippen LogP contribution in [0, 0.1) is 5.41 Å². The molecule has 1 saturated carbocycles. The molecule has 2 rings (SSSR count). The third-order valence-corrected chi connectivity index (χ3v) is 5.01. The van der Waals surface area contributed by atoms with Gasteiger partial charge in [0.15, 0.2) is 0 Å². The van der Waals surface area contributed by atoms with E-state index >= 15 is 0 Å². The molecule has 2 aliphatic rings. The van der Waals surface area contributed by atoms with Gasteiger partial charge in [-0.05, 0) is 57.2 Å². The van der Waals surface area contributed by atoms with Gasteiger partial charge in [-0.25, -0.2) is 0 Å². The van der Waals surface area contributed by atoms with Crippen molar-refractivity contribution in [3.05, 3.63) is 0 Å². The van der Waals surface area contributed by atoms with E-state index in [0.29, 0.717) is 5.41 Å². The molecule has 0 amide bonds. The molecule has 1 aliphatic carbocycles. The highest BCUT2D eigenvalue weighted by Gasteiger charge is 2.28. The summed E-state index contributed by atoms with van der Waals surface area (Å²) < 4.78 is 0.